The molecule has 1 aromatic heterocycles. The van der Waals surface area contributed by atoms with Crippen LogP contribution in [0.4, 0.5) is 18.9 Å². The van der Waals surface area contributed by atoms with Crippen LogP contribution in [-0.4, -0.2) is 10.5 Å². The van der Waals surface area contributed by atoms with Gasteiger partial charge >= 0.3 is 6.18 Å². The SMILES string of the molecule is CCn1cccc1C(=O)Nc1cc(C(F)(F)F)ccc1Br. The van der Waals surface area contributed by atoms with Crippen LogP contribution in [0.2, 0.25) is 0 Å². The highest BCUT2D eigenvalue weighted by molar-refractivity contribution is 9.10. The molecular formula is C14H12BrF3N2O. The molecule has 0 radical (unpaired) electrons. The molecule has 0 saturated heterocycles. The van der Waals surface area contributed by atoms with E-state index in [0.29, 0.717) is 16.7 Å². The van der Waals surface area contributed by atoms with Gasteiger partial charge in [-0.25, -0.2) is 0 Å². The second-order valence-corrected chi connectivity index (χ2v) is 5.18. The lowest BCUT2D eigenvalue weighted by molar-refractivity contribution is -0.137. The minimum absolute atomic E-state index is 0.0821. The van der Waals surface area contributed by atoms with Crippen LogP contribution in [0.5, 0.6) is 0 Å². The van der Waals surface area contributed by atoms with Gasteiger partial charge in [0.25, 0.3) is 5.91 Å². The largest absolute Gasteiger partial charge is 0.416 e. The molecular weight excluding hydrogens is 349 g/mol. The summed E-state index contributed by atoms with van der Waals surface area (Å²) in [5.41, 5.74) is -0.340. The number of nitrogens with zero attached hydrogens (tertiary/aromatic N) is 1. The van der Waals surface area contributed by atoms with Gasteiger partial charge < -0.3 is 9.88 Å². The van der Waals surface area contributed by atoms with Gasteiger partial charge in [-0.3, -0.25) is 4.79 Å². The average molecular weight is 361 g/mol. The van der Waals surface area contributed by atoms with E-state index in [4.69, 9.17) is 0 Å². The maximum atomic E-state index is 12.7. The van der Waals surface area contributed by atoms with E-state index in [2.05, 4.69) is 21.2 Å². The Bertz CT molecular complexity index is 664. The molecule has 0 unspecified atom stereocenters. The number of rotatable bonds is 3. The highest BCUT2D eigenvalue weighted by atomic mass is 79.9. The fraction of sp³-hybridized carbons (Fsp3) is 0.214. The quantitative estimate of drug-likeness (QED) is 0.856. The molecule has 0 atom stereocenters. The summed E-state index contributed by atoms with van der Waals surface area (Å²) >= 11 is 3.14. The van der Waals surface area contributed by atoms with Gasteiger partial charge in [0.2, 0.25) is 0 Å². The molecule has 0 bridgehead atoms. The van der Waals surface area contributed by atoms with Gasteiger partial charge in [-0.1, -0.05) is 0 Å². The number of halogens is 4. The Balaban J connectivity index is 2.29. The molecule has 0 aliphatic rings. The fourth-order valence-corrected chi connectivity index (χ4v) is 2.23. The predicted octanol–water partition coefficient (Wildman–Crippen LogP) is 4.54. The normalized spacial score (nSPS) is 11.5. The number of hydrogen-bond acceptors (Lipinski definition) is 1. The van der Waals surface area contributed by atoms with Crippen LogP contribution < -0.4 is 5.32 Å². The van der Waals surface area contributed by atoms with Gasteiger partial charge in [-0.15, -0.1) is 0 Å². The van der Waals surface area contributed by atoms with Crippen molar-refractivity contribution < 1.29 is 18.0 Å². The summed E-state index contributed by atoms with van der Waals surface area (Å²) in [4.78, 5) is 12.1. The Hall–Kier alpha value is -1.76. The van der Waals surface area contributed by atoms with E-state index >= 15 is 0 Å². The second kappa shape index (κ2) is 5.93. The summed E-state index contributed by atoms with van der Waals surface area (Å²) in [6.07, 6.45) is -2.72. The van der Waals surface area contributed by atoms with Crippen LogP contribution in [0, 0.1) is 0 Å². The number of amides is 1. The molecule has 1 amide bonds. The van der Waals surface area contributed by atoms with Crippen molar-refractivity contribution in [3.63, 3.8) is 0 Å². The van der Waals surface area contributed by atoms with Crippen molar-refractivity contribution >= 4 is 27.5 Å². The molecule has 7 heteroatoms. The predicted molar refractivity (Wildman–Crippen MR) is 77.2 cm³/mol. The third-order valence-electron chi connectivity index (χ3n) is 2.94. The number of nitrogens with one attached hydrogen (secondary N) is 1. The van der Waals surface area contributed by atoms with Gasteiger partial charge in [0.1, 0.15) is 5.69 Å². The van der Waals surface area contributed by atoms with Gasteiger partial charge in [0.15, 0.2) is 0 Å². The number of aromatic nitrogens is 1. The molecule has 0 aliphatic heterocycles. The lowest BCUT2D eigenvalue weighted by Crippen LogP contribution is -2.17. The summed E-state index contributed by atoms with van der Waals surface area (Å²) in [7, 11) is 0. The van der Waals surface area contributed by atoms with E-state index in [9.17, 15) is 18.0 Å². The lowest BCUT2D eigenvalue weighted by atomic mass is 10.2. The number of benzene rings is 1. The summed E-state index contributed by atoms with van der Waals surface area (Å²) < 4.78 is 40.2. The zero-order valence-corrected chi connectivity index (χ0v) is 12.6. The Morgan fingerprint density at radius 3 is 2.67 bits per heavy atom. The van der Waals surface area contributed by atoms with E-state index in [1.54, 1.807) is 22.9 Å². The number of anilines is 1. The molecule has 112 valence electrons. The minimum atomic E-state index is -4.45. The molecule has 0 saturated carbocycles. The van der Waals surface area contributed by atoms with Crippen LogP contribution in [-0.2, 0) is 12.7 Å². The third-order valence-corrected chi connectivity index (χ3v) is 3.64. The van der Waals surface area contributed by atoms with Crippen LogP contribution in [0.1, 0.15) is 23.0 Å². The molecule has 0 aliphatic carbocycles. The molecule has 0 fully saturated rings. The third kappa shape index (κ3) is 3.47. The first-order chi connectivity index (χ1) is 9.82. The van der Waals surface area contributed by atoms with Crippen LogP contribution >= 0.6 is 15.9 Å². The molecule has 2 rings (SSSR count). The van der Waals surface area contributed by atoms with Gasteiger partial charge in [-0.2, -0.15) is 13.2 Å². The first kappa shape index (κ1) is 15.6. The van der Waals surface area contributed by atoms with Crippen molar-refractivity contribution in [1.29, 1.82) is 0 Å². The van der Waals surface area contributed by atoms with E-state index in [0.717, 1.165) is 12.1 Å². The number of carbonyl (C=O) groups is 1. The Labute approximate surface area is 127 Å². The van der Waals surface area contributed by atoms with Crippen molar-refractivity contribution in [2.45, 2.75) is 19.6 Å². The van der Waals surface area contributed by atoms with E-state index < -0.39 is 17.6 Å². The molecule has 21 heavy (non-hydrogen) atoms. The van der Waals surface area contributed by atoms with Crippen LogP contribution in [0.15, 0.2) is 41.0 Å². The van der Waals surface area contributed by atoms with Crippen LogP contribution in [0.3, 0.4) is 0 Å². The average Bonchev–Trinajstić information content (AvgIpc) is 2.88. The maximum absolute atomic E-state index is 12.7. The van der Waals surface area contributed by atoms with Gasteiger partial charge in [-0.05, 0) is 53.2 Å². The summed E-state index contributed by atoms with van der Waals surface area (Å²) in [5, 5.41) is 2.49. The van der Waals surface area contributed by atoms with Crippen molar-refractivity contribution in [3.05, 3.63) is 52.3 Å². The van der Waals surface area contributed by atoms with Gasteiger partial charge in [0.05, 0.1) is 11.3 Å². The van der Waals surface area contributed by atoms with Crippen molar-refractivity contribution in [2.24, 2.45) is 0 Å². The Kier molecular flexibility index (Phi) is 4.41. The molecule has 1 N–H and O–H groups in total. The van der Waals surface area contributed by atoms with Crippen molar-refractivity contribution in [1.82, 2.24) is 4.57 Å². The molecule has 2 aromatic rings. The number of hydrogen-bond donors (Lipinski definition) is 1. The molecule has 1 aromatic carbocycles. The fourth-order valence-electron chi connectivity index (χ4n) is 1.88. The smallest absolute Gasteiger partial charge is 0.344 e. The monoisotopic (exact) mass is 360 g/mol. The first-order valence-electron chi connectivity index (χ1n) is 6.16. The summed E-state index contributed by atoms with van der Waals surface area (Å²) in [5.74, 6) is -0.457. The first-order valence-corrected chi connectivity index (χ1v) is 6.95. The highest BCUT2D eigenvalue weighted by Crippen LogP contribution is 2.34. The standard InChI is InChI=1S/C14H12BrF3N2O/c1-2-20-7-3-4-12(20)13(21)19-11-8-9(14(16,17)18)5-6-10(11)15/h3-8H,2H2,1H3,(H,19,21). The molecule has 0 spiro atoms. The minimum Gasteiger partial charge on any atom is -0.344 e. The molecule has 1 heterocycles. The summed E-state index contributed by atoms with van der Waals surface area (Å²) in [6, 6.07) is 6.44. The summed E-state index contributed by atoms with van der Waals surface area (Å²) in [6.45, 7) is 2.47. The Morgan fingerprint density at radius 1 is 1.33 bits per heavy atom. The Morgan fingerprint density at radius 2 is 2.05 bits per heavy atom. The van der Waals surface area contributed by atoms with E-state index in [-0.39, 0.29) is 5.69 Å². The van der Waals surface area contributed by atoms with Crippen molar-refractivity contribution in [3.8, 4) is 0 Å². The zero-order chi connectivity index (χ0) is 15.6. The van der Waals surface area contributed by atoms with Gasteiger partial charge in [0, 0.05) is 17.2 Å². The topological polar surface area (TPSA) is 34.0 Å². The van der Waals surface area contributed by atoms with Crippen LogP contribution in [0.25, 0.3) is 0 Å². The maximum Gasteiger partial charge on any atom is 0.416 e. The number of alkyl halides is 3. The van der Waals surface area contributed by atoms with Crippen molar-refractivity contribution in [2.75, 3.05) is 5.32 Å². The molecule has 3 nitrogen and oxygen atoms in total. The lowest BCUT2D eigenvalue weighted by Gasteiger charge is -2.12. The second-order valence-electron chi connectivity index (χ2n) is 4.33. The van der Waals surface area contributed by atoms with E-state index in [1.807, 2.05) is 6.92 Å². The van der Waals surface area contributed by atoms with E-state index in [1.165, 1.54) is 6.07 Å². The number of carbonyl (C=O) groups excluding carboxylic acids is 1. The highest BCUT2D eigenvalue weighted by Gasteiger charge is 2.31. The zero-order valence-electron chi connectivity index (χ0n) is 11.0. The number of aryl methyl sites for hydroxylation is 1.